The molecule has 1 rings (SSSR count). The molecule has 16 heavy (non-hydrogen) atoms. The Morgan fingerprint density at radius 2 is 1.81 bits per heavy atom. The minimum Gasteiger partial charge on any atom is -0.398 e. The Morgan fingerprint density at radius 3 is 2.25 bits per heavy atom. The first-order valence-corrected chi connectivity index (χ1v) is 5.59. The molecule has 1 aromatic carbocycles. The van der Waals surface area contributed by atoms with Gasteiger partial charge in [0.15, 0.2) is 0 Å². The van der Waals surface area contributed by atoms with E-state index >= 15 is 0 Å². The molecule has 0 bridgehead atoms. The highest BCUT2D eigenvalue weighted by Crippen LogP contribution is 2.31. The number of allylic oxidation sites excluding steroid dienone is 1. The zero-order valence-electron chi connectivity index (χ0n) is 10.7. The summed E-state index contributed by atoms with van der Waals surface area (Å²) in [6.45, 7) is 12.4. The van der Waals surface area contributed by atoms with E-state index in [1.807, 2.05) is 25.1 Å². The predicted molar refractivity (Wildman–Crippen MR) is 74.4 cm³/mol. The molecule has 0 aliphatic rings. The second-order valence-corrected chi connectivity index (χ2v) is 5.02. The van der Waals surface area contributed by atoms with Gasteiger partial charge in [0.25, 0.3) is 0 Å². The Bertz CT molecular complexity index is 420. The van der Waals surface area contributed by atoms with Crippen LogP contribution in [0.2, 0.25) is 0 Å². The number of anilines is 1. The summed E-state index contributed by atoms with van der Waals surface area (Å²) < 4.78 is 0. The van der Waals surface area contributed by atoms with Gasteiger partial charge in [0.1, 0.15) is 0 Å². The Kier molecular flexibility index (Phi) is 3.58. The van der Waals surface area contributed by atoms with E-state index < -0.39 is 0 Å². The van der Waals surface area contributed by atoms with Crippen LogP contribution < -0.4 is 5.73 Å². The van der Waals surface area contributed by atoms with Gasteiger partial charge in [-0.1, -0.05) is 45.6 Å². The Balaban J connectivity index is 3.43. The van der Waals surface area contributed by atoms with Crippen molar-refractivity contribution < 1.29 is 0 Å². The molecule has 0 saturated heterocycles. The van der Waals surface area contributed by atoms with Gasteiger partial charge in [-0.25, -0.2) is 0 Å². The SMILES string of the molecule is C=Cc1cc(C(C)(C)C)c(N)cc1/C=C\C. The van der Waals surface area contributed by atoms with Crippen LogP contribution in [0.3, 0.4) is 0 Å². The summed E-state index contributed by atoms with van der Waals surface area (Å²) in [7, 11) is 0. The lowest BCUT2D eigenvalue weighted by atomic mass is 9.83. The first-order chi connectivity index (χ1) is 7.40. The molecule has 0 radical (unpaired) electrons. The predicted octanol–water partition coefficient (Wildman–Crippen LogP) is 4.24. The molecular weight excluding hydrogens is 194 g/mol. The van der Waals surface area contributed by atoms with Crippen molar-refractivity contribution in [2.45, 2.75) is 33.1 Å². The van der Waals surface area contributed by atoms with Crippen molar-refractivity contribution in [1.29, 1.82) is 0 Å². The van der Waals surface area contributed by atoms with Crippen LogP contribution in [0.1, 0.15) is 44.4 Å². The normalized spacial score (nSPS) is 12.0. The van der Waals surface area contributed by atoms with Crippen molar-refractivity contribution in [1.82, 2.24) is 0 Å². The van der Waals surface area contributed by atoms with Crippen molar-refractivity contribution in [3.8, 4) is 0 Å². The fourth-order valence-electron chi connectivity index (χ4n) is 1.80. The van der Waals surface area contributed by atoms with Gasteiger partial charge in [0, 0.05) is 5.69 Å². The molecule has 0 fully saturated rings. The average molecular weight is 215 g/mol. The lowest BCUT2D eigenvalue weighted by molar-refractivity contribution is 0.592. The van der Waals surface area contributed by atoms with Gasteiger partial charge < -0.3 is 5.73 Å². The van der Waals surface area contributed by atoms with Crippen LogP contribution in [-0.4, -0.2) is 0 Å². The summed E-state index contributed by atoms with van der Waals surface area (Å²) in [5.41, 5.74) is 10.5. The molecule has 0 aliphatic carbocycles. The molecule has 0 heterocycles. The molecule has 1 nitrogen and oxygen atoms in total. The molecule has 0 aliphatic heterocycles. The molecule has 2 N–H and O–H groups in total. The number of nitrogens with two attached hydrogens (primary N) is 1. The van der Waals surface area contributed by atoms with Crippen LogP contribution in [0.4, 0.5) is 5.69 Å². The molecular formula is C15H21N. The van der Waals surface area contributed by atoms with E-state index in [4.69, 9.17) is 5.73 Å². The Morgan fingerprint density at radius 1 is 1.19 bits per heavy atom. The first kappa shape index (κ1) is 12.6. The third-order valence-corrected chi connectivity index (χ3v) is 2.63. The maximum absolute atomic E-state index is 6.09. The van der Waals surface area contributed by atoms with E-state index in [1.54, 1.807) is 0 Å². The van der Waals surface area contributed by atoms with Gasteiger partial charge in [-0.05, 0) is 41.2 Å². The maximum atomic E-state index is 6.09. The van der Waals surface area contributed by atoms with Crippen molar-refractivity contribution in [3.05, 3.63) is 41.5 Å². The molecule has 86 valence electrons. The van der Waals surface area contributed by atoms with Gasteiger partial charge in [-0.15, -0.1) is 0 Å². The molecule has 0 spiro atoms. The summed E-state index contributed by atoms with van der Waals surface area (Å²) in [4.78, 5) is 0. The second kappa shape index (κ2) is 4.56. The number of benzene rings is 1. The third kappa shape index (κ3) is 2.54. The van der Waals surface area contributed by atoms with E-state index in [1.165, 1.54) is 5.56 Å². The van der Waals surface area contributed by atoms with Crippen molar-refractivity contribution in [2.75, 3.05) is 5.73 Å². The quantitative estimate of drug-likeness (QED) is 0.733. The van der Waals surface area contributed by atoms with Gasteiger partial charge in [-0.3, -0.25) is 0 Å². The molecule has 1 heteroatoms. The minimum absolute atomic E-state index is 0.0658. The van der Waals surface area contributed by atoms with Gasteiger partial charge in [0.2, 0.25) is 0 Å². The molecule has 0 amide bonds. The summed E-state index contributed by atoms with van der Waals surface area (Å²) >= 11 is 0. The Hall–Kier alpha value is -1.50. The van der Waals surface area contributed by atoms with Crippen LogP contribution >= 0.6 is 0 Å². The lowest BCUT2D eigenvalue weighted by Crippen LogP contribution is -2.14. The van der Waals surface area contributed by atoms with Crippen LogP contribution in [0.25, 0.3) is 12.2 Å². The molecule has 0 saturated carbocycles. The lowest BCUT2D eigenvalue weighted by Gasteiger charge is -2.22. The van der Waals surface area contributed by atoms with E-state index in [-0.39, 0.29) is 5.41 Å². The molecule has 0 atom stereocenters. The summed E-state index contributed by atoms with van der Waals surface area (Å²) in [5, 5.41) is 0. The van der Waals surface area contributed by atoms with E-state index in [9.17, 15) is 0 Å². The highest BCUT2D eigenvalue weighted by molar-refractivity contribution is 5.70. The largest absolute Gasteiger partial charge is 0.398 e. The zero-order chi connectivity index (χ0) is 12.3. The van der Waals surface area contributed by atoms with Crippen molar-refractivity contribution in [3.63, 3.8) is 0 Å². The number of hydrogen-bond donors (Lipinski definition) is 1. The van der Waals surface area contributed by atoms with Crippen LogP contribution in [0.15, 0.2) is 24.8 Å². The van der Waals surface area contributed by atoms with Gasteiger partial charge in [0.05, 0.1) is 0 Å². The number of rotatable bonds is 2. The number of hydrogen-bond acceptors (Lipinski definition) is 1. The fourth-order valence-corrected chi connectivity index (χ4v) is 1.80. The van der Waals surface area contributed by atoms with Crippen molar-refractivity contribution >= 4 is 17.8 Å². The minimum atomic E-state index is 0.0658. The smallest absolute Gasteiger partial charge is 0.0358 e. The fraction of sp³-hybridized carbons (Fsp3) is 0.333. The highest BCUT2D eigenvalue weighted by atomic mass is 14.6. The Labute approximate surface area is 98.7 Å². The standard InChI is InChI=1S/C15H21N/c1-6-8-12-10-14(16)13(15(3,4)5)9-11(12)7-2/h6-10H,2,16H2,1,3-5H3/b8-6-. The van der Waals surface area contributed by atoms with Crippen LogP contribution in [0, 0.1) is 0 Å². The molecule has 0 aromatic heterocycles. The number of nitrogen functional groups attached to an aromatic ring is 1. The molecule has 0 unspecified atom stereocenters. The summed E-state index contributed by atoms with van der Waals surface area (Å²) in [6, 6.07) is 4.16. The van der Waals surface area contributed by atoms with Gasteiger partial charge >= 0.3 is 0 Å². The van der Waals surface area contributed by atoms with E-state index in [0.29, 0.717) is 0 Å². The maximum Gasteiger partial charge on any atom is 0.0358 e. The summed E-state index contributed by atoms with van der Waals surface area (Å²) in [5.74, 6) is 0. The van der Waals surface area contributed by atoms with Gasteiger partial charge in [-0.2, -0.15) is 0 Å². The first-order valence-electron chi connectivity index (χ1n) is 5.59. The molecule has 1 aromatic rings. The topological polar surface area (TPSA) is 26.0 Å². The van der Waals surface area contributed by atoms with E-state index in [0.717, 1.165) is 16.8 Å². The van der Waals surface area contributed by atoms with Crippen LogP contribution in [-0.2, 0) is 5.41 Å². The zero-order valence-corrected chi connectivity index (χ0v) is 10.7. The average Bonchev–Trinajstić information content (AvgIpc) is 2.16. The van der Waals surface area contributed by atoms with Crippen LogP contribution in [0.5, 0.6) is 0 Å². The third-order valence-electron chi connectivity index (χ3n) is 2.63. The van der Waals surface area contributed by atoms with E-state index in [2.05, 4.69) is 39.5 Å². The summed E-state index contributed by atoms with van der Waals surface area (Å²) in [6.07, 6.45) is 5.95. The second-order valence-electron chi connectivity index (χ2n) is 5.02. The monoisotopic (exact) mass is 215 g/mol. The van der Waals surface area contributed by atoms with Crippen molar-refractivity contribution in [2.24, 2.45) is 0 Å². The highest BCUT2D eigenvalue weighted by Gasteiger charge is 2.17.